The van der Waals surface area contributed by atoms with Crippen molar-refractivity contribution >= 4 is 6.21 Å². The maximum absolute atomic E-state index is 4.38. The lowest BCUT2D eigenvalue weighted by atomic mass is 9.88. The minimum Gasteiger partial charge on any atom is -0.289 e. The van der Waals surface area contributed by atoms with Crippen LogP contribution in [0.4, 0.5) is 0 Å². The highest BCUT2D eigenvalue weighted by atomic mass is 14.8. The Balaban J connectivity index is 2.26. The monoisotopic (exact) mass is 133 g/mol. The minimum atomic E-state index is 0.444. The van der Waals surface area contributed by atoms with Crippen LogP contribution in [0.15, 0.2) is 29.3 Å². The Morgan fingerprint density at radius 1 is 1.20 bits per heavy atom. The molecule has 0 amide bonds. The van der Waals surface area contributed by atoms with Gasteiger partial charge in [0.05, 0.1) is 6.04 Å². The van der Waals surface area contributed by atoms with Gasteiger partial charge in [0.15, 0.2) is 0 Å². The predicted octanol–water partition coefficient (Wildman–Crippen LogP) is 1.82. The molecule has 0 aromatic rings. The second-order valence-electron chi connectivity index (χ2n) is 3.00. The topological polar surface area (TPSA) is 12.4 Å². The van der Waals surface area contributed by atoms with Crippen molar-refractivity contribution in [3.63, 3.8) is 0 Å². The van der Waals surface area contributed by atoms with Gasteiger partial charge in [-0.05, 0) is 5.92 Å². The first-order valence-electron chi connectivity index (χ1n) is 3.76. The van der Waals surface area contributed by atoms with Crippen molar-refractivity contribution in [2.24, 2.45) is 16.8 Å². The van der Waals surface area contributed by atoms with E-state index in [0.29, 0.717) is 17.9 Å². The molecule has 1 heterocycles. The number of nitrogens with zero attached hydrogens (tertiary/aromatic N) is 1. The third kappa shape index (κ3) is 0.737. The van der Waals surface area contributed by atoms with E-state index in [-0.39, 0.29) is 0 Å². The molecular weight excluding hydrogens is 122 g/mol. The van der Waals surface area contributed by atoms with E-state index in [9.17, 15) is 0 Å². The molecule has 1 aliphatic carbocycles. The second kappa shape index (κ2) is 2.08. The van der Waals surface area contributed by atoms with Crippen molar-refractivity contribution in [1.82, 2.24) is 0 Å². The van der Waals surface area contributed by atoms with E-state index in [1.807, 2.05) is 0 Å². The fourth-order valence-electron chi connectivity index (χ4n) is 1.58. The summed E-state index contributed by atoms with van der Waals surface area (Å²) in [6.45, 7) is 2.22. The summed E-state index contributed by atoms with van der Waals surface area (Å²) in [5.41, 5.74) is 0. The molecule has 10 heavy (non-hydrogen) atoms. The molecule has 0 fully saturated rings. The summed E-state index contributed by atoms with van der Waals surface area (Å²) in [6.07, 6.45) is 10.7. The van der Waals surface area contributed by atoms with Gasteiger partial charge >= 0.3 is 0 Å². The molecule has 0 saturated carbocycles. The highest BCUT2D eigenvalue weighted by Crippen LogP contribution is 2.27. The summed E-state index contributed by atoms with van der Waals surface area (Å²) >= 11 is 0. The first kappa shape index (κ1) is 5.90. The lowest BCUT2D eigenvalue weighted by Gasteiger charge is -2.16. The van der Waals surface area contributed by atoms with Crippen LogP contribution in [0.25, 0.3) is 0 Å². The van der Waals surface area contributed by atoms with Gasteiger partial charge < -0.3 is 0 Å². The molecule has 52 valence electrons. The first-order chi connectivity index (χ1) is 4.88. The van der Waals surface area contributed by atoms with Gasteiger partial charge in [0.1, 0.15) is 0 Å². The third-order valence-electron chi connectivity index (χ3n) is 2.25. The zero-order chi connectivity index (χ0) is 6.97. The smallest absolute Gasteiger partial charge is 0.0747 e. The maximum Gasteiger partial charge on any atom is 0.0747 e. The van der Waals surface area contributed by atoms with E-state index in [0.717, 1.165) is 0 Å². The fraction of sp³-hybridized carbons (Fsp3) is 0.444. The number of fused-ring (bicyclic) bond motifs is 1. The second-order valence-corrected chi connectivity index (χ2v) is 3.00. The van der Waals surface area contributed by atoms with Crippen molar-refractivity contribution in [3.8, 4) is 0 Å². The largest absolute Gasteiger partial charge is 0.289 e. The number of hydrogen-bond donors (Lipinski definition) is 0. The van der Waals surface area contributed by atoms with Crippen molar-refractivity contribution in [2.75, 3.05) is 0 Å². The molecule has 0 aromatic carbocycles. The van der Waals surface area contributed by atoms with Crippen LogP contribution in [0, 0.1) is 11.8 Å². The molecule has 1 aliphatic heterocycles. The summed E-state index contributed by atoms with van der Waals surface area (Å²) in [5.74, 6) is 1.27. The number of aliphatic imine (C=N–C) groups is 1. The van der Waals surface area contributed by atoms with E-state index in [2.05, 4.69) is 42.4 Å². The molecule has 0 aromatic heterocycles. The molecule has 1 nitrogen and oxygen atoms in total. The van der Waals surface area contributed by atoms with Gasteiger partial charge in [0, 0.05) is 12.1 Å². The van der Waals surface area contributed by atoms with E-state index < -0.39 is 0 Å². The summed E-state index contributed by atoms with van der Waals surface area (Å²) in [7, 11) is 0. The lowest BCUT2D eigenvalue weighted by Crippen LogP contribution is -2.16. The third-order valence-corrected chi connectivity index (χ3v) is 2.25. The molecule has 0 N–H and O–H groups in total. The van der Waals surface area contributed by atoms with Gasteiger partial charge in [0.25, 0.3) is 0 Å². The van der Waals surface area contributed by atoms with Crippen LogP contribution < -0.4 is 0 Å². The Morgan fingerprint density at radius 3 is 2.80 bits per heavy atom. The van der Waals surface area contributed by atoms with Crippen molar-refractivity contribution < 1.29 is 0 Å². The van der Waals surface area contributed by atoms with Gasteiger partial charge in [-0.3, -0.25) is 4.99 Å². The molecule has 1 heteroatoms. The van der Waals surface area contributed by atoms with Gasteiger partial charge in [-0.25, -0.2) is 0 Å². The summed E-state index contributed by atoms with van der Waals surface area (Å²) in [6, 6.07) is 0.444. The Labute approximate surface area is 61.2 Å². The van der Waals surface area contributed by atoms with Crippen LogP contribution in [0.1, 0.15) is 6.92 Å². The highest BCUT2D eigenvalue weighted by molar-refractivity contribution is 5.65. The van der Waals surface area contributed by atoms with E-state index in [1.165, 1.54) is 0 Å². The Kier molecular flexibility index (Phi) is 1.23. The average molecular weight is 133 g/mol. The molecule has 0 radical (unpaired) electrons. The van der Waals surface area contributed by atoms with Crippen molar-refractivity contribution in [2.45, 2.75) is 13.0 Å². The predicted molar refractivity (Wildman–Crippen MR) is 43.2 cm³/mol. The molecule has 0 spiro atoms. The SMILES string of the molecule is CC1C=NC2C=CC=CC12. The van der Waals surface area contributed by atoms with E-state index in [1.54, 1.807) is 0 Å². The maximum atomic E-state index is 4.38. The lowest BCUT2D eigenvalue weighted by molar-refractivity contribution is 0.532. The standard InChI is InChI=1S/C9H11N/c1-7-6-10-9-5-3-2-4-8(7)9/h2-9H,1H3. The summed E-state index contributed by atoms with van der Waals surface area (Å²) in [4.78, 5) is 4.38. The summed E-state index contributed by atoms with van der Waals surface area (Å²) < 4.78 is 0. The average Bonchev–Trinajstić information content (AvgIpc) is 2.34. The minimum absolute atomic E-state index is 0.444. The highest BCUT2D eigenvalue weighted by Gasteiger charge is 2.26. The molecule has 3 atom stereocenters. The van der Waals surface area contributed by atoms with Gasteiger partial charge in [-0.1, -0.05) is 31.2 Å². The van der Waals surface area contributed by atoms with Crippen LogP contribution in [0.3, 0.4) is 0 Å². The van der Waals surface area contributed by atoms with E-state index in [4.69, 9.17) is 0 Å². The Morgan fingerprint density at radius 2 is 2.00 bits per heavy atom. The molecular formula is C9H11N. The number of allylic oxidation sites excluding steroid dienone is 2. The van der Waals surface area contributed by atoms with Crippen LogP contribution in [-0.4, -0.2) is 12.3 Å². The molecule has 0 saturated heterocycles. The molecule has 3 unspecified atom stereocenters. The number of rotatable bonds is 0. The fourth-order valence-corrected chi connectivity index (χ4v) is 1.58. The zero-order valence-corrected chi connectivity index (χ0v) is 6.07. The zero-order valence-electron chi connectivity index (χ0n) is 6.07. The van der Waals surface area contributed by atoms with Crippen molar-refractivity contribution in [1.29, 1.82) is 0 Å². The molecule has 2 rings (SSSR count). The van der Waals surface area contributed by atoms with Crippen molar-refractivity contribution in [3.05, 3.63) is 24.3 Å². The Bertz CT molecular complexity index is 213. The number of hydrogen-bond acceptors (Lipinski definition) is 1. The van der Waals surface area contributed by atoms with Gasteiger partial charge in [-0.15, -0.1) is 0 Å². The van der Waals surface area contributed by atoms with Crippen LogP contribution >= 0.6 is 0 Å². The quantitative estimate of drug-likeness (QED) is 0.478. The van der Waals surface area contributed by atoms with Crippen LogP contribution in [0.2, 0.25) is 0 Å². The van der Waals surface area contributed by atoms with Crippen LogP contribution in [-0.2, 0) is 0 Å². The summed E-state index contributed by atoms with van der Waals surface area (Å²) in [5, 5.41) is 0. The van der Waals surface area contributed by atoms with E-state index >= 15 is 0 Å². The Hall–Kier alpha value is -0.850. The molecule has 2 aliphatic rings. The first-order valence-corrected chi connectivity index (χ1v) is 3.76. The van der Waals surface area contributed by atoms with Gasteiger partial charge in [-0.2, -0.15) is 0 Å². The molecule has 0 bridgehead atoms. The normalized spacial score (nSPS) is 42.3. The van der Waals surface area contributed by atoms with Gasteiger partial charge in [0.2, 0.25) is 0 Å². The van der Waals surface area contributed by atoms with Crippen LogP contribution in [0.5, 0.6) is 0 Å².